The number of nitrogens with zero attached hydrogens (tertiary/aromatic N) is 4. The molecule has 4 fully saturated rings. The highest BCUT2D eigenvalue weighted by molar-refractivity contribution is 5.77. The molecule has 8 heteroatoms. The van der Waals surface area contributed by atoms with Gasteiger partial charge in [-0.05, 0) is 12.8 Å². The molecule has 4 aliphatic rings. The zero-order valence-corrected chi connectivity index (χ0v) is 21.7. The van der Waals surface area contributed by atoms with Gasteiger partial charge in [-0.15, -0.1) is 0 Å². The van der Waals surface area contributed by atoms with Crippen molar-refractivity contribution in [3.8, 4) is 0 Å². The minimum Gasteiger partial charge on any atom is -1.00 e. The van der Waals surface area contributed by atoms with Gasteiger partial charge in [-0.2, -0.15) is 0 Å². The number of unbranched alkanes of at least 4 members (excludes halogenated alkanes) is 1. The quantitative estimate of drug-likeness (QED) is 0.255. The van der Waals surface area contributed by atoms with Crippen LogP contribution in [-0.2, 0) is 9.59 Å². The Morgan fingerprint density at radius 1 is 0.533 bits per heavy atom. The molecule has 2 amide bonds. The van der Waals surface area contributed by atoms with Crippen LogP contribution in [0.2, 0.25) is 0 Å². The number of halogens is 2. The number of hydrogen-bond donors (Lipinski definition) is 0. The van der Waals surface area contributed by atoms with Crippen LogP contribution in [0.25, 0.3) is 0 Å². The predicted octanol–water partition coefficient (Wildman–Crippen LogP) is -4.54. The van der Waals surface area contributed by atoms with Crippen molar-refractivity contribution in [3.63, 3.8) is 0 Å². The van der Waals surface area contributed by atoms with E-state index in [1.807, 2.05) is 0 Å². The van der Waals surface area contributed by atoms with Crippen molar-refractivity contribution in [1.29, 1.82) is 0 Å². The summed E-state index contributed by atoms with van der Waals surface area (Å²) in [5.41, 5.74) is 0. The van der Waals surface area contributed by atoms with Crippen molar-refractivity contribution in [1.82, 2.24) is 9.80 Å². The van der Waals surface area contributed by atoms with Crippen LogP contribution in [0.4, 0.5) is 0 Å². The first-order valence-corrected chi connectivity index (χ1v) is 11.9. The first-order chi connectivity index (χ1) is 13.6. The van der Waals surface area contributed by atoms with Crippen LogP contribution in [0.15, 0.2) is 0 Å². The van der Waals surface area contributed by atoms with Crippen molar-refractivity contribution >= 4 is 11.8 Å². The summed E-state index contributed by atoms with van der Waals surface area (Å²) in [5, 5.41) is 0. The molecule has 0 radical (unpaired) electrons. The highest BCUT2D eigenvalue weighted by atomic mass is 79.9. The SMILES string of the molecule is O=C(CCCCC(=O)N1CC[N+]2(CCCC2)CC1)N1CC[N+]2(CCCC2)CC1.[Br-].[Br-]. The molecule has 0 saturated carbocycles. The van der Waals surface area contributed by atoms with Gasteiger partial charge in [0, 0.05) is 38.5 Å². The molecule has 0 bridgehead atoms. The predicted molar refractivity (Wildman–Crippen MR) is 110 cm³/mol. The van der Waals surface area contributed by atoms with Crippen molar-refractivity contribution in [2.45, 2.75) is 51.4 Å². The minimum absolute atomic E-state index is 0. The molecule has 174 valence electrons. The number of carbonyl (C=O) groups excluding carboxylic acids is 2. The van der Waals surface area contributed by atoms with Crippen LogP contribution in [-0.4, -0.2) is 109 Å². The number of carbonyl (C=O) groups is 2. The lowest BCUT2D eigenvalue weighted by molar-refractivity contribution is -0.920. The van der Waals surface area contributed by atoms with Gasteiger partial charge in [-0.3, -0.25) is 9.59 Å². The van der Waals surface area contributed by atoms with E-state index in [1.54, 1.807) is 0 Å². The lowest BCUT2D eigenvalue weighted by Gasteiger charge is -2.42. The van der Waals surface area contributed by atoms with Crippen LogP contribution in [0.3, 0.4) is 0 Å². The third kappa shape index (κ3) is 6.20. The summed E-state index contributed by atoms with van der Waals surface area (Å²) < 4.78 is 2.52. The maximum Gasteiger partial charge on any atom is 0.222 e. The van der Waals surface area contributed by atoms with Gasteiger partial charge in [0.1, 0.15) is 0 Å². The molecule has 4 rings (SSSR count). The second kappa shape index (κ2) is 11.6. The van der Waals surface area contributed by atoms with E-state index in [0.717, 1.165) is 65.2 Å². The Labute approximate surface area is 203 Å². The van der Waals surface area contributed by atoms with E-state index in [4.69, 9.17) is 0 Å². The smallest absolute Gasteiger partial charge is 0.222 e. The number of quaternary nitrogens is 2. The summed E-state index contributed by atoms with van der Waals surface area (Å²) in [5.74, 6) is 0.617. The monoisotopic (exact) mass is 550 g/mol. The van der Waals surface area contributed by atoms with Gasteiger partial charge in [-0.1, -0.05) is 0 Å². The molecule has 0 aliphatic carbocycles. The molecule has 0 unspecified atom stereocenters. The van der Waals surface area contributed by atoms with E-state index >= 15 is 0 Å². The second-order valence-electron chi connectivity index (χ2n) is 9.86. The summed E-state index contributed by atoms with van der Waals surface area (Å²) in [6.07, 6.45) is 8.39. The van der Waals surface area contributed by atoms with Crippen molar-refractivity contribution in [3.05, 3.63) is 0 Å². The molecule has 4 saturated heterocycles. The fourth-order valence-corrected chi connectivity index (χ4v) is 6.05. The normalized spacial score (nSPS) is 24.5. The molecule has 0 N–H and O–H groups in total. The molecule has 2 spiro atoms. The zero-order valence-electron chi connectivity index (χ0n) is 18.5. The van der Waals surface area contributed by atoms with Crippen LogP contribution >= 0.6 is 0 Å². The van der Waals surface area contributed by atoms with Crippen molar-refractivity contribution in [2.75, 3.05) is 78.5 Å². The second-order valence-corrected chi connectivity index (χ2v) is 9.86. The number of piperazine rings is 2. The standard InChI is InChI=1S/C22H40N4O2.2BrH/c27-21(23-9-17-25(18-10-23)13-3-4-14-25)7-1-2-8-22(28)24-11-19-26(20-12-24)15-5-6-16-26;;/h1-20H2;2*1H/q+2;;/p-2. The lowest BCUT2D eigenvalue weighted by atomic mass is 10.1. The Balaban J connectivity index is 0.00000160. The highest BCUT2D eigenvalue weighted by Gasteiger charge is 2.38. The molecule has 0 aromatic carbocycles. The van der Waals surface area contributed by atoms with Crippen LogP contribution in [0.1, 0.15) is 51.4 Å². The average Bonchev–Trinajstić information content (AvgIpc) is 3.36. The highest BCUT2D eigenvalue weighted by Crippen LogP contribution is 2.24. The van der Waals surface area contributed by atoms with Gasteiger partial charge < -0.3 is 52.7 Å². The third-order valence-electron chi connectivity index (χ3n) is 8.14. The Bertz CT molecular complexity index is 507. The fourth-order valence-electron chi connectivity index (χ4n) is 6.05. The van der Waals surface area contributed by atoms with E-state index in [1.165, 1.54) is 60.8 Å². The fraction of sp³-hybridized carbons (Fsp3) is 0.909. The van der Waals surface area contributed by atoms with E-state index in [2.05, 4.69) is 9.80 Å². The topological polar surface area (TPSA) is 40.6 Å². The summed E-state index contributed by atoms with van der Waals surface area (Å²) in [6, 6.07) is 0. The van der Waals surface area contributed by atoms with Crippen LogP contribution in [0, 0.1) is 0 Å². The lowest BCUT2D eigenvalue weighted by Crippen LogP contribution is -3.00. The minimum atomic E-state index is 0. The summed E-state index contributed by atoms with van der Waals surface area (Å²) in [4.78, 5) is 29.2. The Morgan fingerprint density at radius 3 is 1.13 bits per heavy atom. The Morgan fingerprint density at radius 2 is 0.833 bits per heavy atom. The Hall–Kier alpha value is -0.180. The molecule has 4 aliphatic heterocycles. The van der Waals surface area contributed by atoms with E-state index in [-0.39, 0.29) is 34.0 Å². The van der Waals surface area contributed by atoms with Gasteiger partial charge in [0.05, 0.1) is 78.5 Å². The van der Waals surface area contributed by atoms with Gasteiger partial charge in [0.25, 0.3) is 0 Å². The number of rotatable bonds is 5. The molecule has 6 nitrogen and oxygen atoms in total. The van der Waals surface area contributed by atoms with E-state index in [0.29, 0.717) is 24.7 Å². The molecule has 0 aromatic rings. The maximum absolute atomic E-state index is 12.5. The zero-order chi connectivity index (χ0) is 19.5. The molecule has 30 heavy (non-hydrogen) atoms. The molecule has 4 heterocycles. The van der Waals surface area contributed by atoms with E-state index in [9.17, 15) is 9.59 Å². The first kappa shape index (κ1) is 26.1. The average molecular weight is 552 g/mol. The van der Waals surface area contributed by atoms with E-state index < -0.39 is 0 Å². The van der Waals surface area contributed by atoms with Crippen LogP contribution in [0.5, 0.6) is 0 Å². The van der Waals surface area contributed by atoms with Crippen molar-refractivity contribution < 1.29 is 52.5 Å². The first-order valence-electron chi connectivity index (χ1n) is 11.9. The van der Waals surface area contributed by atoms with Crippen molar-refractivity contribution in [2.24, 2.45) is 0 Å². The third-order valence-corrected chi connectivity index (χ3v) is 8.14. The summed E-state index contributed by atoms with van der Waals surface area (Å²) >= 11 is 0. The molecular formula is C22H40Br2N4O2. The van der Waals surface area contributed by atoms with Gasteiger partial charge in [-0.25, -0.2) is 0 Å². The largest absolute Gasteiger partial charge is 1.00 e. The summed E-state index contributed by atoms with van der Waals surface area (Å²) in [7, 11) is 0. The molecule has 0 aromatic heterocycles. The molecule has 0 atom stereocenters. The Kier molecular flexibility index (Phi) is 10.1. The van der Waals surface area contributed by atoms with Gasteiger partial charge >= 0.3 is 0 Å². The number of amides is 2. The number of hydrogen-bond acceptors (Lipinski definition) is 2. The summed E-state index contributed by atoms with van der Waals surface area (Å²) in [6.45, 7) is 13.6. The maximum atomic E-state index is 12.5. The van der Waals surface area contributed by atoms with Crippen LogP contribution < -0.4 is 34.0 Å². The molecular weight excluding hydrogens is 512 g/mol. The van der Waals surface area contributed by atoms with Gasteiger partial charge in [0.15, 0.2) is 0 Å². The van der Waals surface area contributed by atoms with Gasteiger partial charge in [0.2, 0.25) is 11.8 Å².